The Labute approximate surface area is 245 Å². The smallest absolute Gasteiger partial charge is 0.437 e. The Morgan fingerprint density at radius 3 is 2.61 bits per heavy atom. The third kappa shape index (κ3) is 5.16. The first-order valence-corrected chi connectivity index (χ1v) is 13.6. The highest BCUT2D eigenvalue weighted by molar-refractivity contribution is 6.31. The topological polar surface area (TPSA) is 119 Å². The number of amides is 2. The van der Waals surface area contributed by atoms with Crippen molar-refractivity contribution in [2.45, 2.75) is 50.6 Å². The molecule has 1 fully saturated rings. The third-order valence-corrected chi connectivity index (χ3v) is 7.93. The van der Waals surface area contributed by atoms with Crippen LogP contribution in [0, 0.1) is 11.2 Å². The number of rotatable bonds is 5. The predicted molar refractivity (Wildman–Crippen MR) is 151 cm³/mol. The van der Waals surface area contributed by atoms with Crippen LogP contribution in [0.4, 0.5) is 20.8 Å². The van der Waals surface area contributed by atoms with Crippen LogP contribution in [0.15, 0.2) is 52.9 Å². The summed E-state index contributed by atoms with van der Waals surface area (Å²) in [6.45, 7) is 6.06. The van der Waals surface area contributed by atoms with E-state index in [9.17, 15) is 14.4 Å². The zero-order chi connectivity index (χ0) is 29.7. The van der Waals surface area contributed by atoms with Gasteiger partial charge in [-0.1, -0.05) is 62.2 Å². The van der Waals surface area contributed by atoms with Gasteiger partial charge in [0, 0.05) is 34.8 Å². The van der Waals surface area contributed by atoms with E-state index >= 15 is 4.39 Å². The average molecular weight is 604 g/mol. The van der Waals surface area contributed by atoms with E-state index in [0.717, 1.165) is 7.11 Å². The van der Waals surface area contributed by atoms with Crippen LogP contribution in [0.2, 0.25) is 10.0 Å². The van der Waals surface area contributed by atoms with E-state index in [0.29, 0.717) is 22.7 Å². The Hall–Kier alpha value is -3.60. The molecule has 0 saturated carbocycles. The first-order chi connectivity index (χ1) is 19.3. The molecular weight excluding hydrogens is 576 g/mol. The summed E-state index contributed by atoms with van der Waals surface area (Å²) in [5, 5.41) is 9.23. The molecule has 2 aliphatic heterocycles. The molecule has 216 valence electrons. The predicted octanol–water partition coefficient (Wildman–Crippen LogP) is 6.26. The van der Waals surface area contributed by atoms with Gasteiger partial charge in [-0.15, -0.1) is 0 Å². The Morgan fingerprint density at radius 2 is 1.90 bits per heavy atom. The summed E-state index contributed by atoms with van der Waals surface area (Å²) in [7, 11) is 1.14. The molecular formula is C29H28Cl2FN3O6. The summed E-state index contributed by atoms with van der Waals surface area (Å²) in [5.41, 5.74) is -0.492. The number of halogens is 3. The Morgan fingerprint density at radius 1 is 1.15 bits per heavy atom. The Balaban J connectivity index is 1.65. The lowest BCUT2D eigenvalue weighted by atomic mass is 9.62. The fourth-order valence-electron chi connectivity index (χ4n) is 5.92. The Kier molecular flexibility index (Phi) is 7.52. The SMILES string of the molecule is COC(=O)Oc1ccc(NC(=O)[C@@H]2N[C@@H](CC(C)(C)C)[C@@]3(C(=O)Nc4cc(Cl)ccc43)[C@H]2c2cccc(Cl)c2F)o1. The highest BCUT2D eigenvalue weighted by Crippen LogP contribution is 2.57. The van der Waals surface area contributed by atoms with Gasteiger partial charge in [0.05, 0.1) is 18.2 Å². The fourth-order valence-corrected chi connectivity index (χ4v) is 6.27. The van der Waals surface area contributed by atoms with Gasteiger partial charge in [0.25, 0.3) is 5.95 Å². The highest BCUT2D eigenvalue weighted by Gasteiger charge is 2.66. The van der Waals surface area contributed by atoms with Crippen LogP contribution >= 0.6 is 23.2 Å². The number of carbonyl (C=O) groups is 3. The van der Waals surface area contributed by atoms with E-state index in [1.54, 1.807) is 24.3 Å². The molecule has 0 aliphatic carbocycles. The molecule has 0 radical (unpaired) electrons. The van der Waals surface area contributed by atoms with Gasteiger partial charge in [-0.05, 0) is 41.2 Å². The molecule has 1 spiro atoms. The van der Waals surface area contributed by atoms with Crippen molar-refractivity contribution in [2.24, 2.45) is 5.41 Å². The van der Waals surface area contributed by atoms with Crippen LogP contribution in [0.3, 0.4) is 0 Å². The molecule has 2 aromatic carbocycles. The molecule has 3 aromatic rings. The summed E-state index contributed by atoms with van der Waals surface area (Å²) in [4.78, 5) is 39.5. The molecule has 3 heterocycles. The molecule has 0 unspecified atom stereocenters. The van der Waals surface area contributed by atoms with Crippen LogP contribution in [-0.4, -0.2) is 37.2 Å². The lowest BCUT2D eigenvalue weighted by Crippen LogP contribution is -2.49. The maximum atomic E-state index is 15.8. The van der Waals surface area contributed by atoms with E-state index < -0.39 is 41.3 Å². The number of hydrogen-bond donors (Lipinski definition) is 3. The van der Waals surface area contributed by atoms with Gasteiger partial charge in [-0.3, -0.25) is 14.9 Å². The lowest BCUT2D eigenvalue weighted by molar-refractivity contribution is -0.122. The highest BCUT2D eigenvalue weighted by atomic mass is 35.5. The lowest BCUT2D eigenvalue weighted by Gasteiger charge is -2.37. The number of furan rings is 1. The van der Waals surface area contributed by atoms with Crippen molar-refractivity contribution in [1.82, 2.24) is 5.32 Å². The molecule has 3 N–H and O–H groups in total. The van der Waals surface area contributed by atoms with E-state index in [-0.39, 0.29) is 33.7 Å². The van der Waals surface area contributed by atoms with Crippen molar-refractivity contribution in [3.63, 3.8) is 0 Å². The summed E-state index contributed by atoms with van der Waals surface area (Å²) in [5.74, 6) is -2.97. The number of hydrogen-bond acceptors (Lipinski definition) is 7. The second kappa shape index (κ2) is 10.7. The van der Waals surface area contributed by atoms with Gasteiger partial charge < -0.3 is 24.5 Å². The normalized spacial score (nSPS) is 23.3. The van der Waals surface area contributed by atoms with Crippen molar-refractivity contribution in [1.29, 1.82) is 0 Å². The second-order valence-electron chi connectivity index (χ2n) is 11.3. The zero-order valence-corrected chi connectivity index (χ0v) is 24.2. The summed E-state index contributed by atoms with van der Waals surface area (Å²) >= 11 is 12.5. The van der Waals surface area contributed by atoms with Crippen LogP contribution in [0.1, 0.15) is 44.2 Å². The molecule has 2 aliphatic rings. The first-order valence-electron chi connectivity index (χ1n) is 12.8. The average Bonchev–Trinajstić information content (AvgIpc) is 3.55. The zero-order valence-electron chi connectivity index (χ0n) is 22.6. The van der Waals surface area contributed by atoms with E-state index in [1.807, 2.05) is 20.8 Å². The van der Waals surface area contributed by atoms with Crippen LogP contribution in [-0.2, 0) is 19.7 Å². The molecule has 1 saturated heterocycles. The molecule has 1 aromatic heterocycles. The number of carbonyl (C=O) groups excluding carboxylic acids is 3. The largest absolute Gasteiger partial charge is 0.516 e. The van der Waals surface area contributed by atoms with Crippen molar-refractivity contribution >= 4 is 52.7 Å². The second-order valence-corrected chi connectivity index (χ2v) is 12.1. The quantitative estimate of drug-likeness (QED) is 0.294. The van der Waals surface area contributed by atoms with E-state index in [4.69, 9.17) is 32.4 Å². The van der Waals surface area contributed by atoms with E-state index in [2.05, 4.69) is 20.7 Å². The number of ether oxygens (including phenoxy) is 2. The minimum atomic E-state index is -1.40. The van der Waals surface area contributed by atoms with Crippen LogP contribution < -0.4 is 20.7 Å². The summed E-state index contributed by atoms with van der Waals surface area (Å²) in [6, 6.07) is 10.6. The van der Waals surface area contributed by atoms with Crippen molar-refractivity contribution < 1.29 is 32.7 Å². The van der Waals surface area contributed by atoms with Crippen molar-refractivity contribution in [3.05, 3.63) is 75.5 Å². The first kappa shape index (κ1) is 28.9. The van der Waals surface area contributed by atoms with Crippen molar-refractivity contribution in [2.75, 3.05) is 17.7 Å². The Bertz CT molecular complexity index is 1540. The number of methoxy groups -OCH3 is 1. The minimum absolute atomic E-state index is 0.0302. The van der Waals surface area contributed by atoms with Crippen LogP contribution in [0.25, 0.3) is 0 Å². The van der Waals surface area contributed by atoms with Gasteiger partial charge >= 0.3 is 6.16 Å². The summed E-state index contributed by atoms with van der Waals surface area (Å²) < 4.78 is 30.5. The van der Waals surface area contributed by atoms with Crippen molar-refractivity contribution in [3.8, 4) is 5.95 Å². The fraction of sp³-hybridized carbons (Fsp3) is 0.345. The third-order valence-electron chi connectivity index (χ3n) is 7.40. The van der Waals surface area contributed by atoms with Gasteiger partial charge in [0.1, 0.15) is 11.2 Å². The molecule has 2 amide bonds. The van der Waals surface area contributed by atoms with Gasteiger partial charge in [0.15, 0.2) is 0 Å². The molecule has 41 heavy (non-hydrogen) atoms. The van der Waals surface area contributed by atoms with E-state index in [1.165, 1.54) is 24.3 Å². The summed E-state index contributed by atoms with van der Waals surface area (Å²) in [6.07, 6.45) is -0.535. The number of benzene rings is 2. The number of anilines is 2. The number of fused-ring (bicyclic) bond motifs is 2. The molecule has 5 rings (SSSR count). The molecule has 4 atom stereocenters. The minimum Gasteiger partial charge on any atom is -0.437 e. The maximum Gasteiger partial charge on any atom is 0.516 e. The maximum absolute atomic E-state index is 15.8. The molecule has 12 heteroatoms. The molecule has 9 nitrogen and oxygen atoms in total. The van der Waals surface area contributed by atoms with Crippen LogP contribution in [0.5, 0.6) is 5.95 Å². The number of nitrogens with one attached hydrogen (secondary N) is 3. The standard InChI is InChI=1S/C29H28Cl2FN3O6/c1-28(2,3)13-19-29(16-9-8-14(30)12-18(16)33-26(29)37)22(15-6-5-7-17(31)23(15)32)24(34-19)25(36)35-20-10-11-21(40-20)41-27(38)39-4/h5-12,19,22,24,34H,13H2,1-4H3,(H,33,37)(H,35,36)/t19-,22-,24+,29+/m0/s1. The van der Waals surface area contributed by atoms with Gasteiger partial charge in [-0.2, -0.15) is 0 Å². The van der Waals surface area contributed by atoms with Gasteiger partial charge in [-0.25, -0.2) is 9.18 Å². The van der Waals surface area contributed by atoms with Gasteiger partial charge in [0.2, 0.25) is 17.7 Å². The molecule has 0 bridgehead atoms. The monoisotopic (exact) mass is 603 g/mol.